The highest BCUT2D eigenvalue weighted by atomic mass is 32.2. The van der Waals surface area contributed by atoms with Crippen LogP contribution in [-0.4, -0.2) is 43.9 Å². The first-order valence-corrected chi connectivity index (χ1v) is 11.8. The second kappa shape index (κ2) is 11.2. The molecule has 8 nitrogen and oxygen atoms in total. The number of allylic oxidation sites excluding steroid dienone is 1. The van der Waals surface area contributed by atoms with E-state index in [0.717, 1.165) is 22.5 Å². The maximum absolute atomic E-state index is 12.8. The predicted molar refractivity (Wildman–Crippen MR) is 136 cm³/mol. The number of aryl methyl sites for hydroxylation is 1. The Bertz CT molecular complexity index is 1170. The molecular formula is C25H30N6O2S. The van der Waals surface area contributed by atoms with Gasteiger partial charge in [-0.15, -0.1) is 0 Å². The highest BCUT2D eigenvalue weighted by Gasteiger charge is 2.31. The standard InChI is InChI=1S/C25H30N6O2S/c1-7-33-24(32)21-16(3)29-25(30-22(21)17-8-10-19(11-9-17)31(5)6)34-23-20(13-26)18(14-27-4)12-15(2)28-23/h8-12,22,27H,7,14H2,1-6H3,(H,29,30)/t22-/m0/s1. The molecule has 3 rings (SSSR count). The van der Waals surface area contributed by atoms with Gasteiger partial charge in [-0.3, -0.25) is 0 Å². The number of carbonyl (C=O) groups is 1. The Kier molecular flexibility index (Phi) is 8.31. The Morgan fingerprint density at radius 2 is 2.00 bits per heavy atom. The van der Waals surface area contributed by atoms with Gasteiger partial charge in [0, 0.05) is 37.7 Å². The van der Waals surface area contributed by atoms with Crippen LogP contribution < -0.4 is 15.5 Å². The van der Waals surface area contributed by atoms with Crippen LogP contribution in [0.5, 0.6) is 0 Å². The van der Waals surface area contributed by atoms with Crippen LogP contribution in [0.4, 0.5) is 5.69 Å². The molecule has 178 valence electrons. The van der Waals surface area contributed by atoms with E-state index in [-0.39, 0.29) is 6.61 Å². The normalized spacial score (nSPS) is 15.3. The van der Waals surface area contributed by atoms with Gasteiger partial charge in [-0.25, -0.2) is 14.8 Å². The lowest BCUT2D eigenvalue weighted by atomic mass is 9.96. The number of aliphatic imine (C=N–C) groups is 1. The molecule has 0 saturated heterocycles. The van der Waals surface area contributed by atoms with E-state index in [0.29, 0.717) is 33.6 Å². The Balaban J connectivity index is 2.04. The molecule has 0 spiro atoms. The van der Waals surface area contributed by atoms with Gasteiger partial charge in [-0.2, -0.15) is 5.26 Å². The van der Waals surface area contributed by atoms with Crippen molar-refractivity contribution in [1.82, 2.24) is 15.6 Å². The number of hydrogen-bond donors (Lipinski definition) is 2. The lowest BCUT2D eigenvalue weighted by Crippen LogP contribution is -2.30. The summed E-state index contributed by atoms with van der Waals surface area (Å²) in [6, 6.07) is 11.6. The zero-order chi connectivity index (χ0) is 24.8. The molecule has 0 amide bonds. The van der Waals surface area contributed by atoms with Gasteiger partial charge in [-0.05, 0) is 68.9 Å². The third-order valence-electron chi connectivity index (χ3n) is 5.31. The largest absolute Gasteiger partial charge is 0.463 e. The highest BCUT2D eigenvalue weighted by Crippen LogP contribution is 2.35. The minimum Gasteiger partial charge on any atom is -0.463 e. The van der Waals surface area contributed by atoms with Crippen molar-refractivity contribution in [3.05, 3.63) is 64.0 Å². The van der Waals surface area contributed by atoms with E-state index in [4.69, 9.17) is 9.73 Å². The number of nitrogens with zero attached hydrogens (tertiary/aromatic N) is 4. The summed E-state index contributed by atoms with van der Waals surface area (Å²) in [5.41, 5.74) is 5.27. The molecule has 0 bridgehead atoms. The number of carbonyl (C=O) groups excluding carboxylic acids is 1. The van der Waals surface area contributed by atoms with E-state index in [1.54, 1.807) is 6.92 Å². The number of benzene rings is 1. The fourth-order valence-electron chi connectivity index (χ4n) is 3.69. The molecule has 0 fully saturated rings. The molecule has 1 aromatic carbocycles. The number of pyridine rings is 1. The molecule has 0 unspecified atom stereocenters. The summed E-state index contributed by atoms with van der Waals surface area (Å²) in [5, 5.41) is 17.3. The summed E-state index contributed by atoms with van der Waals surface area (Å²) in [6.07, 6.45) is 0. The lowest BCUT2D eigenvalue weighted by molar-refractivity contribution is -0.138. The van der Waals surface area contributed by atoms with E-state index >= 15 is 0 Å². The van der Waals surface area contributed by atoms with Crippen LogP contribution in [-0.2, 0) is 16.1 Å². The van der Waals surface area contributed by atoms with Gasteiger partial charge in [0.2, 0.25) is 0 Å². The van der Waals surface area contributed by atoms with E-state index in [2.05, 4.69) is 21.7 Å². The summed E-state index contributed by atoms with van der Waals surface area (Å²) in [4.78, 5) is 24.3. The van der Waals surface area contributed by atoms with Crippen molar-refractivity contribution in [2.75, 3.05) is 32.6 Å². The summed E-state index contributed by atoms with van der Waals surface area (Å²) < 4.78 is 5.33. The quantitative estimate of drug-likeness (QED) is 0.581. The molecule has 1 aromatic heterocycles. The first kappa shape index (κ1) is 25.3. The smallest absolute Gasteiger partial charge is 0.338 e. The van der Waals surface area contributed by atoms with E-state index in [1.165, 1.54) is 11.8 Å². The molecule has 2 aromatic rings. The highest BCUT2D eigenvalue weighted by molar-refractivity contribution is 8.13. The number of rotatable bonds is 7. The molecule has 2 N–H and O–H groups in total. The first-order valence-electron chi connectivity index (χ1n) is 11.0. The van der Waals surface area contributed by atoms with Crippen LogP contribution in [0.25, 0.3) is 0 Å². The maximum Gasteiger partial charge on any atom is 0.338 e. The van der Waals surface area contributed by atoms with E-state index in [9.17, 15) is 10.1 Å². The number of amidine groups is 1. The zero-order valence-electron chi connectivity index (χ0n) is 20.4. The van der Waals surface area contributed by atoms with Gasteiger partial charge in [0.15, 0.2) is 5.17 Å². The average Bonchev–Trinajstić information content (AvgIpc) is 2.79. The number of hydrogen-bond acceptors (Lipinski definition) is 9. The Labute approximate surface area is 205 Å². The first-order chi connectivity index (χ1) is 16.3. The SMILES string of the molecule is CCOC(=O)C1=C(C)NC(Sc2nc(C)cc(CNC)c2C#N)=N[C@H]1c1ccc(N(C)C)cc1. The molecule has 0 saturated carbocycles. The second-order valence-electron chi connectivity index (χ2n) is 8.05. The van der Waals surface area contributed by atoms with Gasteiger partial charge < -0.3 is 20.3 Å². The summed E-state index contributed by atoms with van der Waals surface area (Å²) in [6.45, 7) is 6.36. The fraction of sp³-hybridized carbons (Fsp3) is 0.360. The third-order valence-corrected chi connectivity index (χ3v) is 6.20. The van der Waals surface area contributed by atoms with Crippen molar-refractivity contribution in [2.45, 2.75) is 38.4 Å². The van der Waals surface area contributed by atoms with Crippen molar-refractivity contribution in [1.29, 1.82) is 5.26 Å². The minimum absolute atomic E-state index is 0.278. The molecule has 9 heteroatoms. The van der Waals surface area contributed by atoms with Gasteiger partial charge in [0.05, 0.1) is 17.7 Å². The third kappa shape index (κ3) is 5.58. The van der Waals surface area contributed by atoms with Crippen molar-refractivity contribution < 1.29 is 9.53 Å². The number of nitrogens with one attached hydrogen (secondary N) is 2. The van der Waals surface area contributed by atoms with Gasteiger partial charge in [0.1, 0.15) is 17.1 Å². The molecule has 0 aliphatic carbocycles. The molecule has 1 aliphatic heterocycles. The van der Waals surface area contributed by atoms with Crippen LogP contribution in [0.15, 0.2) is 51.6 Å². The van der Waals surface area contributed by atoms with Crippen molar-refractivity contribution >= 4 is 28.6 Å². The molecule has 2 heterocycles. The Hall–Kier alpha value is -3.35. The summed E-state index contributed by atoms with van der Waals surface area (Å²) in [5.74, 6) is -0.398. The van der Waals surface area contributed by atoms with Crippen LogP contribution in [0.2, 0.25) is 0 Å². The number of anilines is 1. The van der Waals surface area contributed by atoms with Crippen molar-refractivity contribution in [3.63, 3.8) is 0 Å². The number of ether oxygens (including phenoxy) is 1. The second-order valence-corrected chi connectivity index (χ2v) is 9.03. The number of nitriles is 1. The van der Waals surface area contributed by atoms with Crippen molar-refractivity contribution in [3.8, 4) is 6.07 Å². The van der Waals surface area contributed by atoms with Crippen LogP contribution in [0.1, 0.15) is 42.3 Å². The minimum atomic E-state index is -0.536. The summed E-state index contributed by atoms with van der Waals surface area (Å²) in [7, 11) is 5.79. The topological polar surface area (TPSA) is 103 Å². The lowest BCUT2D eigenvalue weighted by Gasteiger charge is -2.26. The average molecular weight is 479 g/mol. The predicted octanol–water partition coefficient (Wildman–Crippen LogP) is 3.68. The maximum atomic E-state index is 12.8. The molecule has 34 heavy (non-hydrogen) atoms. The monoisotopic (exact) mass is 478 g/mol. The van der Waals surface area contributed by atoms with Crippen LogP contribution in [0.3, 0.4) is 0 Å². The number of esters is 1. The van der Waals surface area contributed by atoms with Gasteiger partial charge in [-0.1, -0.05) is 12.1 Å². The number of aromatic nitrogens is 1. The molecule has 1 aliphatic rings. The Morgan fingerprint density at radius 3 is 2.59 bits per heavy atom. The Morgan fingerprint density at radius 1 is 1.29 bits per heavy atom. The van der Waals surface area contributed by atoms with E-state index in [1.807, 2.05) is 70.2 Å². The summed E-state index contributed by atoms with van der Waals surface area (Å²) >= 11 is 1.29. The van der Waals surface area contributed by atoms with Gasteiger partial charge in [0.25, 0.3) is 0 Å². The molecule has 0 radical (unpaired) electrons. The molecule has 1 atom stereocenters. The number of thioether (sulfide) groups is 1. The van der Waals surface area contributed by atoms with Crippen LogP contribution in [0, 0.1) is 18.3 Å². The molecular weight excluding hydrogens is 448 g/mol. The van der Waals surface area contributed by atoms with E-state index < -0.39 is 12.0 Å². The van der Waals surface area contributed by atoms with Crippen LogP contribution >= 0.6 is 11.8 Å². The fourth-order valence-corrected chi connectivity index (χ4v) is 4.71. The zero-order valence-corrected chi connectivity index (χ0v) is 21.2. The van der Waals surface area contributed by atoms with Crippen molar-refractivity contribution in [2.24, 2.45) is 4.99 Å². The van der Waals surface area contributed by atoms with Gasteiger partial charge >= 0.3 is 5.97 Å².